The highest BCUT2D eigenvalue weighted by atomic mass is 32.1. The van der Waals surface area contributed by atoms with E-state index in [-0.39, 0.29) is 26.4 Å². The van der Waals surface area contributed by atoms with Crippen molar-refractivity contribution in [3.8, 4) is 44.9 Å². The molecule has 10 rings (SSSR count). The van der Waals surface area contributed by atoms with Crippen LogP contribution in [0.5, 0.6) is 11.5 Å². The molecule has 0 atom stereocenters. The summed E-state index contributed by atoms with van der Waals surface area (Å²) in [5, 5.41) is 4.28. The fraction of sp³-hybridized carbons (Fsp3) is 0.0943. The Hall–Kier alpha value is -7.40. The van der Waals surface area contributed by atoms with Gasteiger partial charge < -0.3 is 18.9 Å². The highest BCUT2D eigenvalue weighted by molar-refractivity contribution is 7.20. The van der Waals surface area contributed by atoms with E-state index >= 15 is 0 Å². The molecule has 2 aromatic heterocycles. The maximum atomic E-state index is 11.4. The molecule has 10 heteroatoms. The zero-order valence-corrected chi connectivity index (χ0v) is 35.5. The van der Waals surface area contributed by atoms with Crippen molar-refractivity contribution in [1.29, 1.82) is 0 Å². The van der Waals surface area contributed by atoms with Gasteiger partial charge in [0.2, 0.25) is 0 Å². The second-order valence-electron chi connectivity index (χ2n) is 14.9. The molecule has 0 N–H and O–H groups in total. The summed E-state index contributed by atoms with van der Waals surface area (Å²) >= 11 is 3.43. The molecule has 8 nitrogen and oxygen atoms in total. The standard InChI is InChI=1S/C53H38N2O6S2/c1-3-49(56)60-27-25-58-39-19-13-33(14-20-39)37-17-23-45-47(31-37)62-51(54-45)53(43-12-8-7-11-41(43)42-29-35-9-5-6-10-36(35)30-44(42)53)52-55-46-24-18-38(32-48(46)63-52)34-15-21-40(22-16-34)59-26-28-61-50(57)4-2/h3-24,29-32H,1-2,25-28H2. The van der Waals surface area contributed by atoms with E-state index in [1.807, 2.05) is 48.5 Å². The van der Waals surface area contributed by atoms with E-state index in [2.05, 4.69) is 110 Å². The second-order valence-corrected chi connectivity index (χ2v) is 17.0. The van der Waals surface area contributed by atoms with Crippen LogP contribution in [0.3, 0.4) is 0 Å². The predicted octanol–water partition coefficient (Wildman–Crippen LogP) is 12.0. The number of aromatic nitrogens is 2. The SMILES string of the molecule is C=CC(=O)OCCOc1ccc(-c2ccc3nc(C4(c5nc6ccc(-c7ccc(OCCOC(=O)C=C)cc7)cc6s5)c5ccccc5-c5cc6ccccc6cc54)sc3c2)cc1. The summed E-state index contributed by atoms with van der Waals surface area (Å²) in [4.78, 5) is 33.7. The fourth-order valence-electron chi connectivity index (χ4n) is 8.25. The average Bonchev–Trinajstić information content (AvgIpc) is 4.03. The second kappa shape index (κ2) is 16.8. The van der Waals surface area contributed by atoms with Crippen LogP contribution in [0.25, 0.3) is 64.6 Å². The highest BCUT2D eigenvalue weighted by Gasteiger charge is 2.51. The van der Waals surface area contributed by atoms with Gasteiger partial charge in [0.25, 0.3) is 0 Å². The van der Waals surface area contributed by atoms with Crippen LogP contribution < -0.4 is 9.47 Å². The molecule has 0 bridgehead atoms. The summed E-state index contributed by atoms with van der Waals surface area (Å²) in [6, 6.07) is 50.7. The van der Waals surface area contributed by atoms with Gasteiger partial charge in [0, 0.05) is 12.2 Å². The minimum atomic E-state index is -0.776. The molecular weight excluding hydrogens is 825 g/mol. The van der Waals surface area contributed by atoms with Gasteiger partial charge in [-0.3, -0.25) is 0 Å². The fourth-order valence-corrected chi connectivity index (χ4v) is 10.8. The lowest BCUT2D eigenvalue weighted by molar-refractivity contribution is -0.139. The number of hydrogen-bond acceptors (Lipinski definition) is 10. The minimum Gasteiger partial charge on any atom is -0.490 e. The number of ether oxygens (including phenoxy) is 4. The molecule has 2 heterocycles. The van der Waals surface area contributed by atoms with E-state index in [4.69, 9.17) is 28.9 Å². The molecule has 0 saturated heterocycles. The lowest BCUT2D eigenvalue weighted by Gasteiger charge is -2.28. The van der Waals surface area contributed by atoms with Crippen molar-refractivity contribution in [3.05, 3.63) is 192 Å². The first kappa shape index (κ1) is 39.7. The van der Waals surface area contributed by atoms with Crippen molar-refractivity contribution in [2.75, 3.05) is 26.4 Å². The summed E-state index contributed by atoms with van der Waals surface area (Å²) in [6.45, 7) is 7.63. The van der Waals surface area contributed by atoms with Gasteiger partial charge in [0.05, 0.1) is 20.4 Å². The van der Waals surface area contributed by atoms with Crippen LogP contribution in [0.4, 0.5) is 0 Å². The normalized spacial score (nSPS) is 12.4. The number of hydrogen-bond donors (Lipinski definition) is 0. The number of esters is 2. The summed E-state index contributed by atoms with van der Waals surface area (Å²) in [7, 11) is 0. The van der Waals surface area contributed by atoms with Crippen LogP contribution in [-0.4, -0.2) is 48.3 Å². The van der Waals surface area contributed by atoms with Crippen LogP contribution >= 0.6 is 22.7 Å². The molecule has 1 aliphatic carbocycles. The van der Waals surface area contributed by atoms with Crippen LogP contribution in [-0.2, 0) is 24.5 Å². The van der Waals surface area contributed by atoms with Gasteiger partial charge in [-0.1, -0.05) is 98.1 Å². The van der Waals surface area contributed by atoms with Gasteiger partial charge >= 0.3 is 11.9 Å². The van der Waals surface area contributed by atoms with E-state index in [1.54, 1.807) is 22.7 Å². The van der Waals surface area contributed by atoms with Crippen molar-refractivity contribution >= 4 is 65.8 Å². The third kappa shape index (κ3) is 7.43. The Balaban J connectivity index is 1.04. The Morgan fingerprint density at radius 1 is 0.508 bits per heavy atom. The number of nitrogens with zero attached hydrogens (tertiary/aromatic N) is 2. The topological polar surface area (TPSA) is 96.8 Å². The zero-order valence-electron chi connectivity index (χ0n) is 33.9. The average molecular weight is 863 g/mol. The number of benzene rings is 7. The van der Waals surface area contributed by atoms with Gasteiger partial charge in [0.1, 0.15) is 53.4 Å². The Kier molecular flexibility index (Phi) is 10.6. The van der Waals surface area contributed by atoms with Crippen molar-refractivity contribution in [2.24, 2.45) is 0 Å². The Bertz CT molecular complexity index is 3070. The smallest absolute Gasteiger partial charge is 0.330 e. The highest BCUT2D eigenvalue weighted by Crippen LogP contribution is 2.59. The number of carbonyl (C=O) groups excluding carboxylic acids is 2. The summed E-state index contributed by atoms with van der Waals surface area (Å²) in [5.74, 6) is 0.438. The maximum absolute atomic E-state index is 11.4. The molecule has 0 aliphatic heterocycles. The van der Waals surface area contributed by atoms with Gasteiger partial charge in [-0.15, -0.1) is 22.7 Å². The molecule has 63 heavy (non-hydrogen) atoms. The number of thiazole rings is 2. The van der Waals surface area contributed by atoms with E-state index in [1.165, 1.54) is 27.6 Å². The zero-order chi connectivity index (χ0) is 42.9. The summed E-state index contributed by atoms with van der Waals surface area (Å²) < 4.78 is 23.8. The third-order valence-electron chi connectivity index (χ3n) is 11.2. The molecule has 7 aromatic carbocycles. The van der Waals surface area contributed by atoms with Gasteiger partial charge in [-0.05, 0) is 116 Å². The Labute approximate surface area is 371 Å². The number of fused-ring (bicyclic) bond motifs is 6. The molecule has 0 radical (unpaired) electrons. The summed E-state index contributed by atoms with van der Waals surface area (Å²) in [6.07, 6.45) is 2.28. The van der Waals surface area contributed by atoms with Crippen molar-refractivity contribution in [1.82, 2.24) is 9.97 Å². The number of carbonyl (C=O) groups is 2. The molecular formula is C53H38N2O6S2. The molecule has 9 aromatic rings. The number of rotatable bonds is 14. The minimum absolute atomic E-state index is 0.146. The first-order chi connectivity index (χ1) is 30.9. The maximum Gasteiger partial charge on any atom is 0.330 e. The largest absolute Gasteiger partial charge is 0.490 e. The Morgan fingerprint density at radius 3 is 1.51 bits per heavy atom. The predicted molar refractivity (Wildman–Crippen MR) is 252 cm³/mol. The first-order valence-corrected chi connectivity index (χ1v) is 22.0. The van der Waals surface area contributed by atoms with Crippen molar-refractivity contribution in [2.45, 2.75) is 5.41 Å². The third-order valence-corrected chi connectivity index (χ3v) is 13.5. The van der Waals surface area contributed by atoms with E-state index in [0.29, 0.717) is 11.5 Å². The Morgan fingerprint density at radius 2 is 0.984 bits per heavy atom. The molecule has 0 spiro atoms. The molecule has 308 valence electrons. The lowest BCUT2D eigenvalue weighted by atomic mass is 9.78. The van der Waals surface area contributed by atoms with Crippen LogP contribution in [0.2, 0.25) is 0 Å². The quantitative estimate of drug-likeness (QED) is 0.0606. The lowest BCUT2D eigenvalue weighted by Crippen LogP contribution is -2.28. The first-order valence-electron chi connectivity index (χ1n) is 20.4. The van der Waals surface area contributed by atoms with Crippen LogP contribution in [0.1, 0.15) is 21.1 Å². The molecule has 0 amide bonds. The summed E-state index contributed by atoms with van der Waals surface area (Å²) in [5.41, 5.74) is 10.0. The van der Waals surface area contributed by atoms with Gasteiger partial charge in [-0.25, -0.2) is 19.6 Å². The van der Waals surface area contributed by atoms with E-state index in [9.17, 15) is 9.59 Å². The van der Waals surface area contributed by atoms with Gasteiger partial charge in [0.15, 0.2) is 0 Å². The van der Waals surface area contributed by atoms with Gasteiger partial charge in [-0.2, -0.15) is 0 Å². The van der Waals surface area contributed by atoms with Crippen LogP contribution in [0, 0.1) is 0 Å². The molecule has 0 fully saturated rings. The van der Waals surface area contributed by atoms with Crippen molar-refractivity contribution in [3.63, 3.8) is 0 Å². The van der Waals surface area contributed by atoms with Crippen LogP contribution in [0.15, 0.2) is 171 Å². The molecule has 1 aliphatic rings. The van der Waals surface area contributed by atoms with E-state index < -0.39 is 17.4 Å². The monoisotopic (exact) mass is 862 g/mol. The molecule has 0 saturated carbocycles. The van der Waals surface area contributed by atoms with E-state index in [0.717, 1.165) is 70.2 Å². The molecule has 0 unspecified atom stereocenters. The van der Waals surface area contributed by atoms with Crippen molar-refractivity contribution < 1.29 is 28.5 Å².